The number of aromatic nitrogens is 1. The normalized spacial score (nSPS) is 17.9. The number of anilines is 1. The second-order valence-corrected chi connectivity index (χ2v) is 7.37. The minimum Gasteiger partial charge on any atom is -0.279 e. The number of rotatable bonds is 2. The molecule has 1 amide bonds. The molecule has 3 nitrogen and oxygen atoms in total. The largest absolute Gasteiger partial charge is 0.416 e. The zero-order chi connectivity index (χ0) is 19.2. The third-order valence-corrected chi connectivity index (χ3v) is 5.35. The third kappa shape index (κ3) is 3.40. The lowest BCUT2D eigenvalue weighted by atomic mass is 10.0. The topological polar surface area (TPSA) is 33.2 Å². The molecule has 1 aliphatic rings. The first-order valence-corrected chi connectivity index (χ1v) is 8.96. The molecule has 0 saturated carbocycles. The van der Waals surface area contributed by atoms with Gasteiger partial charge in [-0.25, -0.2) is 9.37 Å². The van der Waals surface area contributed by atoms with Gasteiger partial charge in [0.1, 0.15) is 17.0 Å². The molecule has 1 aliphatic heterocycles. The van der Waals surface area contributed by atoms with Gasteiger partial charge in [-0.2, -0.15) is 13.2 Å². The molecule has 1 saturated heterocycles. The van der Waals surface area contributed by atoms with Gasteiger partial charge >= 0.3 is 6.18 Å². The molecular formula is C17H13ClF4N2OS. The smallest absolute Gasteiger partial charge is 0.279 e. The second kappa shape index (κ2) is 6.74. The maximum Gasteiger partial charge on any atom is 0.416 e. The van der Waals surface area contributed by atoms with Crippen LogP contribution in [-0.2, 0) is 11.0 Å². The van der Waals surface area contributed by atoms with Crippen LogP contribution in [0.4, 0.5) is 23.4 Å². The molecule has 2 heterocycles. The first-order valence-electron chi connectivity index (χ1n) is 7.53. The van der Waals surface area contributed by atoms with E-state index in [0.717, 1.165) is 34.4 Å². The number of hydrogen-bond donors (Lipinski definition) is 0. The number of hydrogen-bond acceptors (Lipinski definition) is 3. The van der Waals surface area contributed by atoms with Crippen molar-refractivity contribution in [3.8, 4) is 0 Å². The van der Waals surface area contributed by atoms with Crippen molar-refractivity contribution in [2.45, 2.75) is 25.4 Å². The summed E-state index contributed by atoms with van der Waals surface area (Å²) in [5.41, 5.74) is -0.410. The minimum atomic E-state index is -4.78. The Kier molecular flexibility index (Phi) is 4.92. The SMILES string of the molecule is Cc1cc(C)nc(N2C(=O)CSC2c2c(C(F)(F)F)ccc(Cl)c2F)c1. The number of amides is 1. The molecule has 9 heteroatoms. The molecule has 1 atom stereocenters. The van der Waals surface area contributed by atoms with E-state index < -0.39 is 39.4 Å². The Morgan fingerprint density at radius 3 is 2.58 bits per heavy atom. The van der Waals surface area contributed by atoms with Crippen LogP contribution >= 0.6 is 23.4 Å². The highest BCUT2D eigenvalue weighted by Crippen LogP contribution is 2.47. The summed E-state index contributed by atoms with van der Waals surface area (Å²) in [6, 6.07) is 4.95. The fraction of sp³-hybridized carbons (Fsp3) is 0.294. The van der Waals surface area contributed by atoms with Crippen LogP contribution in [0.15, 0.2) is 24.3 Å². The number of benzene rings is 1. The summed E-state index contributed by atoms with van der Waals surface area (Å²) in [6.07, 6.45) is -4.78. The summed E-state index contributed by atoms with van der Waals surface area (Å²) >= 11 is 6.63. The number of halogens is 5. The Hall–Kier alpha value is -1.80. The summed E-state index contributed by atoms with van der Waals surface area (Å²) in [6.45, 7) is 3.49. The van der Waals surface area contributed by atoms with Crippen LogP contribution < -0.4 is 4.90 Å². The van der Waals surface area contributed by atoms with Gasteiger partial charge in [-0.3, -0.25) is 9.69 Å². The lowest BCUT2D eigenvalue weighted by molar-refractivity contribution is -0.138. The molecule has 1 fully saturated rings. The number of thioether (sulfide) groups is 1. The molecule has 3 rings (SSSR count). The number of carbonyl (C=O) groups is 1. The van der Waals surface area contributed by atoms with Crippen molar-refractivity contribution in [3.05, 3.63) is 57.5 Å². The molecule has 1 unspecified atom stereocenters. The van der Waals surface area contributed by atoms with Crippen LogP contribution in [-0.4, -0.2) is 16.6 Å². The van der Waals surface area contributed by atoms with E-state index in [1.807, 2.05) is 0 Å². The number of carbonyl (C=O) groups excluding carboxylic acids is 1. The van der Waals surface area contributed by atoms with Crippen molar-refractivity contribution >= 4 is 35.1 Å². The number of aryl methyl sites for hydroxylation is 2. The molecule has 0 aliphatic carbocycles. The van der Waals surface area contributed by atoms with Gasteiger partial charge in [-0.15, -0.1) is 11.8 Å². The van der Waals surface area contributed by atoms with Gasteiger partial charge in [-0.05, 0) is 43.7 Å². The highest BCUT2D eigenvalue weighted by molar-refractivity contribution is 8.00. The standard InChI is InChI=1S/C17H13ClF4N2OS/c1-8-5-9(2)23-12(6-8)24-13(25)7-26-16(24)14-10(17(20,21)22)3-4-11(18)15(14)19/h3-6,16H,7H2,1-2H3. The van der Waals surface area contributed by atoms with Gasteiger partial charge in [0.15, 0.2) is 0 Å². The molecule has 0 radical (unpaired) electrons. The van der Waals surface area contributed by atoms with Gasteiger partial charge in [0.2, 0.25) is 5.91 Å². The van der Waals surface area contributed by atoms with E-state index in [2.05, 4.69) is 4.98 Å². The van der Waals surface area contributed by atoms with Gasteiger partial charge in [0.25, 0.3) is 0 Å². The highest BCUT2D eigenvalue weighted by atomic mass is 35.5. The number of nitrogens with zero attached hydrogens (tertiary/aromatic N) is 2. The maximum atomic E-state index is 14.6. The van der Waals surface area contributed by atoms with Crippen molar-refractivity contribution in [1.29, 1.82) is 0 Å². The highest BCUT2D eigenvalue weighted by Gasteiger charge is 2.43. The Balaban J connectivity index is 2.20. The van der Waals surface area contributed by atoms with Gasteiger partial charge in [0, 0.05) is 11.3 Å². The lowest BCUT2D eigenvalue weighted by Gasteiger charge is -2.27. The Morgan fingerprint density at radius 2 is 1.96 bits per heavy atom. The number of pyridine rings is 1. The quantitative estimate of drug-likeness (QED) is 0.638. The van der Waals surface area contributed by atoms with Crippen LogP contribution in [0.3, 0.4) is 0 Å². The Morgan fingerprint density at radius 1 is 1.27 bits per heavy atom. The van der Waals surface area contributed by atoms with Crippen LogP contribution in [0.1, 0.15) is 27.8 Å². The summed E-state index contributed by atoms with van der Waals surface area (Å²) in [4.78, 5) is 17.7. The van der Waals surface area contributed by atoms with Crippen molar-refractivity contribution in [2.24, 2.45) is 0 Å². The van der Waals surface area contributed by atoms with E-state index in [-0.39, 0.29) is 11.6 Å². The molecule has 2 aromatic rings. The van der Waals surface area contributed by atoms with Gasteiger partial charge < -0.3 is 0 Å². The van der Waals surface area contributed by atoms with E-state index in [9.17, 15) is 22.4 Å². The van der Waals surface area contributed by atoms with Crippen LogP contribution in [0, 0.1) is 19.7 Å². The number of alkyl halides is 3. The first kappa shape index (κ1) is 19.0. The van der Waals surface area contributed by atoms with E-state index in [1.165, 1.54) is 0 Å². The predicted octanol–water partition coefficient (Wildman–Crippen LogP) is 5.29. The van der Waals surface area contributed by atoms with Gasteiger partial charge in [-0.1, -0.05) is 11.6 Å². The predicted molar refractivity (Wildman–Crippen MR) is 92.8 cm³/mol. The lowest BCUT2D eigenvalue weighted by Crippen LogP contribution is -2.30. The molecule has 26 heavy (non-hydrogen) atoms. The summed E-state index contributed by atoms with van der Waals surface area (Å²) in [5, 5.41) is -1.63. The first-order chi connectivity index (χ1) is 12.1. The van der Waals surface area contributed by atoms with Gasteiger partial charge in [0.05, 0.1) is 16.3 Å². The average molecular weight is 405 g/mol. The van der Waals surface area contributed by atoms with Crippen LogP contribution in [0.2, 0.25) is 5.02 Å². The fourth-order valence-corrected chi connectivity index (χ4v) is 4.26. The summed E-state index contributed by atoms with van der Waals surface area (Å²) < 4.78 is 54.9. The zero-order valence-electron chi connectivity index (χ0n) is 13.7. The molecule has 1 aromatic carbocycles. The fourth-order valence-electron chi connectivity index (χ4n) is 2.88. The molecule has 0 bridgehead atoms. The summed E-state index contributed by atoms with van der Waals surface area (Å²) in [5.74, 6) is -1.51. The van der Waals surface area contributed by atoms with E-state index in [4.69, 9.17) is 11.6 Å². The van der Waals surface area contributed by atoms with Crippen molar-refractivity contribution in [3.63, 3.8) is 0 Å². The van der Waals surface area contributed by atoms with E-state index in [1.54, 1.807) is 26.0 Å². The second-order valence-electron chi connectivity index (χ2n) is 5.89. The third-order valence-electron chi connectivity index (χ3n) is 3.88. The van der Waals surface area contributed by atoms with Crippen molar-refractivity contribution < 1.29 is 22.4 Å². The molecule has 0 N–H and O–H groups in total. The molecule has 0 spiro atoms. The van der Waals surface area contributed by atoms with Crippen LogP contribution in [0.25, 0.3) is 0 Å². The van der Waals surface area contributed by atoms with E-state index >= 15 is 0 Å². The Labute approximate surface area is 156 Å². The molecular weight excluding hydrogens is 392 g/mol. The monoisotopic (exact) mass is 404 g/mol. The van der Waals surface area contributed by atoms with Crippen LogP contribution in [0.5, 0.6) is 0 Å². The van der Waals surface area contributed by atoms with Crippen molar-refractivity contribution in [1.82, 2.24) is 4.98 Å². The Bertz CT molecular complexity index is 868. The maximum absolute atomic E-state index is 14.6. The molecule has 1 aromatic heterocycles. The summed E-state index contributed by atoms with van der Waals surface area (Å²) in [7, 11) is 0. The van der Waals surface area contributed by atoms with E-state index in [0.29, 0.717) is 5.69 Å². The molecule has 138 valence electrons. The average Bonchev–Trinajstić information content (AvgIpc) is 2.89. The minimum absolute atomic E-state index is 0.0808. The van der Waals surface area contributed by atoms with Crippen molar-refractivity contribution in [2.75, 3.05) is 10.7 Å². The zero-order valence-corrected chi connectivity index (χ0v) is 15.3.